The Morgan fingerprint density at radius 3 is 3.06 bits per heavy atom. The normalized spacial score (nSPS) is 23.6. The molecule has 0 fully saturated rings. The van der Waals surface area contributed by atoms with Gasteiger partial charge in [0.25, 0.3) is 0 Å². The number of aliphatic hydroxyl groups is 1. The summed E-state index contributed by atoms with van der Waals surface area (Å²) in [5.41, 5.74) is 1.34. The number of ether oxygens (including phenoxy) is 1. The van der Waals surface area contributed by atoms with Crippen LogP contribution in [0, 0.1) is 0 Å². The van der Waals surface area contributed by atoms with Gasteiger partial charge in [0.2, 0.25) is 0 Å². The van der Waals surface area contributed by atoms with Gasteiger partial charge in [0.1, 0.15) is 5.92 Å². The van der Waals surface area contributed by atoms with E-state index in [0.717, 1.165) is 5.69 Å². The number of hydrogen-bond donors (Lipinski definition) is 1. The molecule has 0 saturated heterocycles. The number of carbonyl (C=O) groups is 1. The van der Waals surface area contributed by atoms with Gasteiger partial charge in [-0.1, -0.05) is 0 Å². The summed E-state index contributed by atoms with van der Waals surface area (Å²) < 4.78 is 4.94. The number of fused-ring (bicyclic) bond motifs is 1. The van der Waals surface area contributed by atoms with Gasteiger partial charge in [-0.05, 0) is 19.8 Å². The third-order valence-corrected chi connectivity index (χ3v) is 2.70. The first-order chi connectivity index (χ1) is 7.74. The number of aromatic nitrogens is 2. The molecule has 1 aliphatic rings. The number of esters is 1. The highest BCUT2D eigenvalue weighted by Crippen LogP contribution is 2.29. The minimum Gasteiger partial charge on any atom is -0.465 e. The fraction of sp³-hybridized carbons (Fsp3) is 0.545. The highest BCUT2D eigenvalue weighted by Gasteiger charge is 2.36. The van der Waals surface area contributed by atoms with Gasteiger partial charge in [0.05, 0.1) is 24.1 Å². The van der Waals surface area contributed by atoms with Gasteiger partial charge in [0, 0.05) is 12.4 Å². The summed E-state index contributed by atoms with van der Waals surface area (Å²) in [7, 11) is 0. The number of aliphatic hydroxyl groups excluding tert-OH is 1. The molecule has 0 radical (unpaired) electrons. The minimum atomic E-state index is -0.719. The van der Waals surface area contributed by atoms with Gasteiger partial charge in [-0.2, -0.15) is 0 Å². The molecule has 1 heterocycles. The Hall–Kier alpha value is -1.49. The SMILES string of the molecule is CCOC(=O)C1c2nccnc2CCC1O. The van der Waals surface area contributed by atoms with E-state index in [1.165, 1.54) is 6.20 Å². The van der Waals surface area contributed by atoms with Crippen molar-refractivity contribution in [1.82, 2.24) is 9.97 Å². The molecule has 86 valence electrons. The second-order valence-corrected chi connectivity index (χ2v) is 3.72. The van der Waals surface area contributed by atoms with Crippen LogP contribution >= 0.6 is 0 Å². The van der Waals surface area contributed by atoms with Crippen LogP contribution in [0.3, 0.4) is 0 Å². The average Bonchev–Trinajstić information content (AvgIpc) is 2.29. The van der Waals surface area contributed by atoms with Crippen molar-refractivity contribution in [2.24, 2.45) is 0 Å². The average molecular weight is 222 g/mol. The third-order valence-electron chi connectivity index (χ3n) is 2.70. The van der Waals surface area contributed by atoms with Crippen LogP contribution in [0.4, 0.5) is 0 Å². The fourth-order valence-electron chi connectivity index (χ4n) is 1.96. The van der Waals surface area contributed by atoms with Crippen molar-refractivity contribution in [3.8, 4) is 0 Å². The molecule has 2 rings (SSSR count). The Kier molecular flexibility index (Phi) is 3.14. The van der Waals surface area contributed by atoms with E-state index in [0.29, 0.717) is 25.1 Å². The molecule has 0 aromatic carbocycles. The van der Waals surface area contributed by atoms with Crippen LogP contribution in [-0.4, -0.2) is 33.8 Å². The summed E-state index contributed by atoms with van der Waals surface area (Å²) in [4.78, 5) is 20.0. The quantitative estimate of drug-likeness (QED) is 0.735. The molecular formula is C11H14N2O3. The zero-order chi connectivity index (χ0) is 11.5. The first-order valence-electron chi connectivity index (χ1n) is 5.38. The van der Waals surface area contributed by atoms with Gasteiger partial charge in [-0.3, -0.25) is 14.8 Å². The zero-order valence-electron chi connectivity index (χ0n) is 9.09. The Balaban J connectivity index is 2.33. The van der Waals surface area contributed by atoms with E-state index in [2.05, 4.69) is 9.97 Å². The molecule has 2 unspecified atom stereocenters. The number of aryl methyl sites for hydroxylation is 1. The van der Waals surface area contributed by atoms with Crippen LogP contribution in [0.15, 0.2) is 12.4 Å². The Morgan fingerprint density at radius 2 is 2.31 bits per heavy atom. The summed E-state index contributed by atoms with van der Waals surface area (Å²) in [5.74, 6) is -1.10. The molecule has 0 bridgehead atoms. The van der Waals surface area contributed by atoms with Crippen molar-refractivity contribution < 1.29 is 14.6 Å². The monoisotopic (exact) mass is 222 g/mol. The predicted octanol–water partition coefficient (Wildman–Crippen LogP) is 0.430. The zero-order valence-corrected chi connectivity index (χ0v) is 9.09. The number of hydrogen-bond acceptors (Lipinski definition) is 5. The third kappa shape index (κ3) is 1.90. The molecule has 5 nitrogen and oxygen atoms in total. The van der Waals surface area contributed by atoms with Crippen LogP contribution in [0.1, 0.15) is 30.7 Å². The van der Waals surface area contributed by atoms with Crippen LogP contribution in [0.2, 0.25) is 0 Å². The summed E-state index contributed by atoms with van der Waals surface area (Å²) in [6, 6.07) is 0. The topological polar surface area (TPSA) is 72.3 Å². The van der Waals surface area contributed by atoms with Crippen LogP contribution in [0.25, 0.3) is 0 Å². The van der Waals surface area contributed by atoms with E-state index >= 15 is 0 Å². The van der Waals surface area contributed by atoms with Crippen molar-refractivity contribution in [2.45, 2.75) is 31.8 Å². The summed E-state index contributed by atoms with van der Waals surface area (Å²) >= 11 is 0. The van der Waals surface area contributed by atoms with E-state index in [1.807, 2.05) is 0 Å². The smallest absolute Gasteiger partial charge is 0.317 e. The first-order valence-corrected chi connectivity index (χ1v) is 5.38. The molecule has 2 atom stereocenters. The summed E-state index contributed by atoms with van der Waals surface area (Å²) in [5, 5.41) is 9.84. The van der Waals surface area contributed by atoms with E-state index < -0.39 is 18.0 Å². The first kappa shape index (κ1) is 11.0. The molecular weight excluding hydrogens is 208 g/mol. The largest absolute Gasteiger partial charge is 0.465 e. The predicted molar refractivity (Wildman–Crippen MR) is 55.7 cm³/mol. The lowest BCUT2D eigenvalue weighted by molar-refractivity contribution is -0.148. The molecule has 1 N–H and O–H groups in total. The van der Waals surface area contributed by atoms with Crippen molar-refractivity contribution in [1.29, 1.82) is 0 Å². The van der Waals surface area contributed by atoms with Gasteiger partial charge in [-0.25, -0.2) is 0 Å². The van der Waals surface area contributed by atoms with Crippen molar-refractivity contribution >= 4 is 5.97 Å². The maximum atomic E-state index is 11.7. The van der Waals surface area contributed by atoms with Crippen molar-refractivity contribution in [2.75, 3.05) is 6.61 Å². The number of rotatable bonds is 2. The summed E-state index contributed by atoms with van der Waals surface area (Å²) in [6.45, 7) is 2.04. The molecule has 16 heavy (non-hydrogen) atoms. The van der Waals surface area contributed by atoms with Crippen LogP contribution in [0.5, 0.6) is 0 Å². The van der Waals surface area contributed by atoms with Crippen molar-refractivity contribution in [3.05, 3.63) is 23.8 Å². The van der Waals surface area contributed by atoms with E-state index in [9.17, 15) is 9.90 Å². The highest BCUT2D eigenvalue weighted by molar-refractivity contribution is 5.79. The molecule has 0 amide bonds. The van der Waals surface area contributed by atoms with Crippen LogP contribution < -0.4 is 0 Å². The number of carbonyl (C=O) groups excluding carboxylic acids is 1. The maximum absolute atomic E-state index is 11.7. The molecule has 1 aromatic rings. The maximum Gasteiger partial charge on any atom is 0.317 e. The molecule has 0 saturated carbocycles. The Morgan fingerprint density at radius 1 is 1.56 bits per heavy atom. The standard InChI is InChI=1S/C11H14N2O3/c1-2-16-11(15)9-8(14)4-3-7-10(9)13-6-5-12-7/h5-6,8-9,14H,2-4H2,1H3. The lowest BCUT2D eigenvalue weighted by Crippen LogP contribution is -2.33. The van der Waals surface area contributed by atoms with Gasteiger partial charge >= 0.3 is 5.97 Å². The minimum absolute atomic E-state index is 0.303. The van der Waals surface area contributed by atoms with Gasteiger partial charge in [-0.15, -0.1) is 0 Å². The summed E-state index contributed by atoms with van der Waals surface area (Å²) in [6.07, 6.45) is 3.58. The molecule has 1 aliphatic carbocycles. The van der Waals surface area contributed by atoms with E-state index in [-0.39, 0.29) is 0 Å². The second kappa shape index (κ2) is 4.57. The van der Waals surface area contributed by atoms with Crippen molar-refractivity contribution in [3.63, 3.8) is 0 Å². The second-order valence-electron chi connectivity index (χ2n) is 3.72. The molecule has 5 heteroatoms. The van der Waals surface area contributed by atoms with E-state index in [4.69, 9.17) is 4.74 Å². The highest BCUT2D eigenvalue weighted by atomic mass is 16.5. The Labute approximate surface area is 93.5 Å². The van der Waals surface area contributed by atoms with Gasteiger partial charge < -0.3 is 9.84 Å². The molecule has 1 aromatic heterocycles. The van der Waals surface area contributed by atoms with Crippen LogP contribution in [-0.2, 0) is 16.0 Å². The Bertz CT molecular complexity index is 395. The lowest BCUT2D eigenvalue weighted by atomic mass is 9.87. The molecule has 0 aliphatic heterocycles. The van der Waals surface area contributed by atoms with E-state index in [1.54, 1.807) is 13.1 Å². The van der Waals surface area contributed by atoms with Gasteiger partial charge in [0.15, 0.2) is 0 Å². The fourth-order valence-corrected chi connectivity index (χ4v) is 1.96. The molecule has 0 spiro atoms. The number of nitrogens with zero attached hydrogens (tertiary/aromatic N) is 2. The lowest BCUT2D eigenvalue weighted by Gasteiger charge is -2.26.